The minimum atomic E-state index is -0.582. The van der Waals surface area contributed by atoms with Crippen molar-refractivity contribution in [1.29, 1.82) is 0 Å². The maximum Gasteiger partial charge on any atom is 0.140 e. The molecule has 0 saturated heterocycles. The number of rotatable bonds is 3. The zero-order chi connectivity index (χ0) is 25.8. The van der Waals surface area contributed by atoms with Gasteiger partial charge in [-0.15, -0.1) is 0 Å². The minimum Gasteiger partial charge on any atom is -0.456 e. The molecule has 0 aliphatic carbocycles. The lowest BCUT2D eigenvalue weighted by Gasteiger charge is -2.42. The highest BCUT2D eigenvalue weighted by atomic mass is 16.3. The number of benzene rings is 6. The van der Waals surface area contributed by atoms with Crippen LogP contribution in [0.2, 0.25) is 0 Å². The van der Waals surface area contributed by atoms with Gasteiger partial charge in [0.15, 0.2) is 0 Å². The first-order valence-electron chi connectivity index (χ1n) is 13.4. The Hall–Kier alpha value is -5.08. The highest BCUT2D eigenvalue weighted by Crippen LogP contribution is 2.55. The number of nitrogens with one attached hydrogen (secondary N) is 1. The fraction of sp³-hybridized carbons (Fsp3) is 0.0270. The van der Waals surface area contributed by atoms with Gasteiger partial charge in [0.2, 0.25) is 0 Å². The van der Waals surface area contributed by atoms with Gasteiger partial charge in [-0.05, 0) is 46.0 Å². The van der Waals surface area contributed by atoms with Gasteiger partial charge in [-0.3, -0.25) is 0 Å². The molecule has 1 aromatic heterocycles. The first-order chi connectivity index (χ1) is 19.3. The lowest BCUT2D eigenvalue weighted by Crippen LogP contribution is -2.35. The summed E-state index contributed by atoms with van der Waals surface area (Å²) in [5.41, 5.74) is 10.7. The molecule has 184 valence electrons. The maximum atomic E-state index is 6.69. The summed E-state index contributed by atoms with van der Waals surface area (Å²) in [5, 5.41) is 5.99. The number of hydrogen-bond donors (Lipinski definition) is 1. The number of fused-ring (bicyclic) bond motifs is 5. The minimum absolute atomic E-state index is 0.582. The Morgan fingerprint density at radius 2 is 1.00 bits per heavy atom. The number of anilines is 2. The van der Waals surface area contributed by atoms with Crippen molar-refractivity contribution in [3.8, 4) is 11.1 Å². The van der Waals surface area contributed by atoms with Crippen LogP contribution in [0.5, 0.6) is 0 Å². The normalized spacial score (nSPS) is 13.5. The average molecular weight is 500 g/mol. The van der Waals surface area contributed by atoms with E-state index in [4.69, 9.17) is 4.42 Å². The van der Waals surface area contributed by atoms with Gasteiger partial charge >= 0.3 is 0 Å². The van der Waals surface area contributed by atoms with E-state index in [-0.39, 0.29) is 0 Å². The summed E-state index contributed by atoms with van der Waals surface area (Å²) < 4.78 is 6.69. The Morgan fingerprint density at radius 3 is 1.74 bits per heavy atom. The molecule has 0 atom stereocenters. The van der Waals surface area contributed by atoms with Crippen molar-refractivity contribution in [2.24, 2.45) is 0 Å². The first-order valence-corrected chi connectivity index (χ1v) is 13.4. The van der Waals surface area contributed by atoms with Crippen molar-refractivity contribution in [1.82, 2.24) is 0 Å². The molecule has 1 N–H and O–H groups in total. The van der Waals surface area contributed by atoms with Crippen LogP contribution >= 0.6 is 0 Å². The third-order valence-electron chi connectivity index (χ3n) is 8.16. The summed E-state index contributed by atoms with van der Waals surface area (Å²) in [7, 11) is 0. The molecule has 39 heavy (non-hydrogen) atoms. The predicted octanol–water partition coefficient (Wildman–Crippen LogP) is 9.69. The van der Waals surface area contributed by atoms with Crippen LogP contribution in [0.3, 0.4) is 0 Å². The van der Waals surface area contributed by atoms with Crippen LogP contribution in [0.25, 0.3) is 33.1 Å². The summed E-state index contributed by atoms with van der Waals surface area (Å²) >= 11 is 0. The highest BCUT2D eigenvalue weighted by Gasteiger charge is 2.45. The standard InChI is InChI=1S/C37H25NO/c1-2-11-25(12-3-1)26-21-23-27(24-22-26)37(30-15-5-7-18-33(30)38-34-19-8-6-16-31(34)37)32-17-10-14-29-28-13-4-9-20-35(28)39-36(29)32/h1-24,38H. The quantitative estimate of drug-likeness (QED) is 0.262. The monoisotopic (exact) mass is 499 g/mol. The molecule has 0 spiro atoms. The van der Waals surface area contributed by atoms with Crippen LogP contribution in [0.1, 0.15) is 22.3 Å². The van der Waals surface area contributed by atoms with Gasteiger partial charge in [-0.1, -0.05) is 127 Å². The van der Waals surface area contributed by atoms with Crippen LogP contribution in [-0.2, 0) is 5.41 Å². The Morgan fingerprint density at radius 1 is 0.436 bits per heavy atom. The zero-order valence-electron chi connectivity index (χ0n) is 21.3. The van der Waals surface area contributed by atoms with Crippen LogP contribution in [0, 0.1) is 0 Å². The van der Waals surface area contributed by atoms with Crippen molar-refractivity contribution in [3.63, 3.8) is 0 Å². The van der Waals surface area contributed by atoms with E-state index in [9.17, 15) is 0 Å². The lowest BCUT2D eigenvalue weighted by atomic mass is 9.62. The molecule has 2 nitrogen and oxygen atoms in total. The van der Waals surface area contributed by atoms with Gasteiger partial charge in [0, 0.05) is 27.7 Å². The molecule has 0 saturated carbocycles. The average Bonchev–Trinajstić information content (AvgIpc) is 3.40. The third kappa shape index (κ3) is 3.15. The van der Waals surface area contributed by atoms with Gasteiger partial charge < -0.3 is 9.73 Å². The van der Waals surface area contributed by atoms with E-state index in [1.807, 2.05) is 6.07 Å². The molecule has 8 rings (SSSR count). The van der Waals surface area contributed by atoms with E-state index >= 15 is 0 Å². The van der Waals surface area contributed by atoms with Gasteiger partial charge in [-0.2, -0.15) is 0 Å². The molecule has 0 unspecified atom stereocenters. The molecule has 6 aromatic carbocycles. The molecular formula is C37H25NO. The van der Waals surface area contributed by atoms with Crippen LogP contribution < -0.4 is 5.32 Å². The van der Waals surface area contributed by atoms with E-state index in [2.05, 4.69) is 145 Å². The first kappa shape index (κ1) is 22.0. The van der Waals surface area contributed by atoms with E-state index in [1.54, 1.807) is 0 Å². The maximum absolute atomic E-state index is 6.69. The van der Waals surface area contributed by atoms with Gasteiger partial charge in [0.25, 0.3) is 0 Å². The SMILES string of the molecule is c1ccc(-c2ccc(C3(c4cccc5c4oc4ccccc45)c4ccccc4Nc4ccccc43)cc2)cc1. The number of furan rings is 1. The summed E-state index contributed by atoms with van der Waals surface area (Å²) in [6.07, 6.45) is 0. The Balaban J connectivity index is 1.50. The summed E-state index contributed by atoms with van der Waals surface area (Å²) in [6, 6.07) is 51.9. The van der Waals surface area contributed by atoms with Crippen molar-refractivity contribution in [2.75, 3.05) is 5.32 Å². The highest BCUT2D eigenvalue weighted by molar-refractivity contribution is 6.07. The molecule has 2 heteroatoms. The van der Waals surface area contributed by atoms with Gasteiger partial charge in [0.05, 0.1) is 5.41 Å². The van der Waals surface area contributed by atoms with Crippen molar-refractivity contribution in [3.05, 3.63) is 168 Å². The third-order valence-corrected chi connectivity index (χ3v) is 8.16. The fourth-order valence-corrected chi connectivity index (χ4v) is 6.47. The van der Waals surface area contributed by atoms with Gasteiger partial charge in [-0.25, -0.2) is 0 Å². The second kappa shape index (κ2) is 8.47. The van der Waals surface area contributed by atoms with E-state index in [1.165, 1.54) is 27.8 Å². The molecule has 7 aromatic rings. The Labute approximate surface area is 227 Å². The second-order valence-corrected chi connectivity index (χ2v) is 10.2. The molecule has 0 bridgehead atoms. The van der Waals surface area contributed by atoms with E-state index in [0.29, 0.717) is 0 Å². The molecular weight excluding hydrogens is 474 g/mol. The molecule has 0 radical (unpaired) electrons. The largest absolute Gasteiger partial charge is 0.456 e. The summed E-state index contributed by atoms with van der Waals surface area (Å²) in [6.45, 7) is 0. The Kier molecular flexibility index (Phi) is 4.77. The van der Waals surface area contributed by atoms with Gasteiger partial charge in [0.1, 0.15) is 11.2 Å². The fourth-order valence-electron chi connectivity index (χ4n) is 6.47. The number of para-hydroxylation sites is 4. The van der Waals surface area contributed by atoms with Crippen molar-refractivity contribution >= 4 is 33.3 Å². The molecule has 0 amide bonds. The Bertz CT molecular complexity index is 1940. The summed E-state index contributed by atoms with van der Waals surface area (Å²) in [4.78, 5) is 0. The smallest absolute Gasteiger partial charge is 0.140 e. The topological polar surface area (TPSA) is 25.2 Å². The molecule has 0 fully saturated rings. The lowest BCUT2D eigenvalue weighted by molar-refractivity contribution is 0.644. The van der Waals surface area contributed by atoms with E-state index < -0.39 is 5.41 Å². The van der Waals surface area contributed by atoms with E-state index in [0.717, 1.165) is 38.9 Å². The molecule has 2 heterocycles. The van der Waals surface area contributed by atoms with Crippen LogP contribution in [-0.4, -0.2) is 0 Å². The summed E-state index contributed by atoms with van der Waals surface area (Å²) in [5.74, 6) is 0. The van der Waals surface area contributed by atoms with Crippen LogP contribution in [0.15, 0.2) is 150 Å². The van der Waals surface area contributed by atoms with Crippen LogP contribution in [0.4, 0.5) is 11.4 Å². The van der Waals surface area contributed by atoms with Crippen molar-refractivity contribution in [2.45, 2.75) is 5.41 Å². The second-order valence-electron chi connectivity index (χ2n) is 10.2. The predicted molar refractivity (Wildman–Crippen MR) is 161 cm³/mol. The van der Waals surface area contributed by atoms with Crippen molar-refractivity contribution < 1.29 is 4.42 Å². The zero-order valence-corrected chi connectivity index (χ0v) is 21.3. The number of hydrogen-bond acceptors (Lipinski definition) is 2. The molecule has 1 aliphatic rings. The molecule has 1 aliphatic heterocycles.